The van der Waals surface area contributed by atoms with Crippen molar-refractivity contribution in [3.63, 3.8) is 0 Å². The van der Waals surface area contributed by atoms with Crippen molar-refractivity contribution in [2.75, 3.05) is 13.2 Å². The summed E-state index contributed by atoms with van der Waals surface area (Å²) in [6.45, 7) is 6.74. The standard InChI is InChI=1S/C71H136O6/c1-4-7-10-13-16-19-22-25-28-31-33-35-37-40-43-46-49-52-55-58-61-64-70(73)76-67-68(66-75-69(72)63-60-57-54-51-48-45-42-39-30-27-24-21-18-15-12-9-6-3)77-71(74)65-62-59-56-53-50-47-44-41-38-36-34-32-29-26-23-20-17-14-11-8-5-2/h31,33,68H,4-30,32,34-67H2,1-3H3/b33-31-. The Kier molecular flexibility index (Phi) is 65.1. The zero-order valence-electron chi connectivity index (χ0n) is 52.5. The number of esters is 3. The SMILES string of the molecule is CCCCCCCCCC/C=C\CCCCCCCCCCCC(=O)OCC(COC(=O)CCCCCCCCCCCCCCCCCCC)OC(=O)CCCCCCCCCCCCCCCCCCCCCCC. The number of carbonyl (C=O) groups excluding carboxylic acids is 3. The highest BCUT2D eigenvalue weighted by atomic mass is 16.6. The fourth-order valence-electron chi connectivity index (χ4n) is 11.0. The Morgan fingerprint density at radius 3 is 0.649 bits per heavy atom. The normalized spacial score (nSPS) is 12.0. The molecule has 0 radical (unpaired) electrons. The molecule has 1 atom stereocenters. The summed E-state index contributed by atoms with van der Waals surface area (Å²) in [5.41, 5.74) is 0. The summed E-state index contributed by atoms with van der Waals surface area (Å²) >= 11 is 0. The number of unbranched alkanes of at least 4 members (excludes halogenated alkanes) is 53. The lowest BCUT2D eigenvalue weighted by atomic mass is 10.0. The summed E-state index contributed by atoms with van der Waals surface area (Å²) in [6, 6.07) is 0. The monoisotopic (exact) mass is 1090 g/mol. The van der Waals surface area contributed by atoms with Gasteiger partial charge < -0.3 is 14.2 Å². The summed E-state index contributed by atoms with van der Waals surface area (Å²) in [7, 11) is 0. The van der Waals surface area contributed by atoms with Gasteiger partial charge in [-0.1, -0.05) is 354 Å². The summed E-state index contributed by atoms with van der Waals surface area (Å²) in [6.07, 6.45) is 79.5. The molecule has 456 valence electrons. The molecule has 77 heavy (non-hydrogen) atoms. The van der Waals surface area contributed by atoms with Crippen molar-refractivity contribution >= 4 is 17.9 Å². The molecule has 0 amide bonds. The van der Waals surface area contributed by atoms with Crippen LogP contribution in [0.1, 0.15) is 406 Å². The van der Waals surface area contributed by atoms with Crippen molar-refractivity contribution in [1.82, 2.24) is 0 Å². The quantitative estimate of drug-likeness (QED) is 0.0261. The van der Waals surface area contributed by atoms with Gasteiger partial charge in [-0.15, -0.1) is 0 Å². The minimum absolute atomic E-state index is 0.0633. The van der Waals surface area contributed by atoms with Crippen LogP contribution >= 0.6 is 0 Å². The number of hydrogen-bond acceptors (Lipinski definition) is 6. The van der Waals surface area contributed by atoms with E-state index in [1.807, 2.05) is 0 Å². The molecule has 0 aliphatic heterocycles. The highest BCUT2D eigenvalue weighted by Crippen LogP contribution is 2.19. The van der Waals surface area contributed by atoms with Crippen LogP contribution in [0.5, 0.6) is 0 Å². The summed E-state index contributed by atoms with van der Waals surface area (Å²) in [5.74, 6) is -0.828. The molecule has 6 nitrogen and oxygen atoms in total. The number of ether oxygens (including phenoxy) is 3. The van der Waals surface area contributed by atoms with E-state index in [1.165, 1.54) is 308 Å². The van der Waals surface area contributed by atoms with Crippen LogP contribution in [0.25, 0.3) is 0 Å². The highest BCUT2D eigenvalue weighted by Gasteiger charge is 2.19. The molecule has 1 unspecified atom stereocenters. The average molecular weight is 1090 g/mol. The maximum Gasteiger partial charge on any atom is 0.306 e. The van der Waals surface area contributed by atoms with Gasteiger partial charge in [-0.25, -0.2) is 0 Å². The van der Waals surface area contributed by atoms with Crippen LogP contribution in [0.3, 0.4) is 0 Å². The molecule has 6 heteroatoms. The second kappa shape index (κ2) is 66.7. The average Bonchev–Trinajstić information content (AvgIpc) is 3.43. The second-order valence-electron chi connectivity index (χ2n) is 24.2. The largest absolute Gasteiger partial charge is 0.462 e. The van der Waals surface area contributed by atoms with Crippen LogP contribution in [0.2, 0.25) is 0 Å². The fourth-order valence-corrected chi connectivity index (χ4v) is 11.0. The molecule has 0 saturated carbocycles. The molecule has 0 fully saturated rings. The molecule has 0 bridgehead atoms. The van der Waals surface area contributed by atoms with Crippen molar-refractivity contribution < 1.29 is 28.6 Å². The lowest BCUT2D eigenvalue weighted by molar-refractivity contribution is -0.167. The minimum atomic E-state index is -0.767. The Bertz CT molecular complexity index is 1200. The van der Waals surface area contributed by atoms with Gasteiger partial charge in [0.25, 0.3) is 0 Å². The first-order valence-corrected chi connectivity index (χ1v) is 35.2. The first kappa shape index (κ1) is 75.2. The molecule has 0 aromatic rings. The molecule has 0 rings (SSSR count). The molecule has 0 aliphatic rings. The highest BCUT2D eigenvalue weighted by molar-refractivity contribution is 5.71. The van der Waals surface area contributed by atoms with Crippen molar-refractivity contribution in [1.29, 1.82) is 0 Å². The first-order valence-electron chi connectivity index (χ1n) is 35.2. The summed E-state index contributed by atoms with van der Waals surface area (Å²) < 4.78 is 17.0. The molecule has 0 aromatic carbocycles. The van der Waals surface area contributed by atoms with Crippen molar-refractivity contribution in [2.24, 2.45) is 0 Å². The molecule has 0 saturated heterocycles. The van der Waals surface area contributed by atoms with E-state index in [2.05, 4.69) is 32.9 Å². The maximum absolute atomic E-state index is 13.0. The molecule has 0 spiro atoms. The van der Waals surface area contributed by atoms with Gasteiger partial charge in [0.2, 0.25) is 0 Å². The van der Waals surface area contributed by atoms with Crippen LogP contribution in [0.4, 0.5) is 0 Å². The predicted octanol–water partition coefficient (Wildman–Crippen LogP) is 24.0. The molecule has 0 heterocycles. The Balaban J connectivity index is 4.28. The number of carbonyl (C=O) groups is 3. The molecular formula is C71H136O6. The van der Waals surface area contributed by atoms with Gasteiger partial charge in [0.15, 0.2) is 6.10 Å². The lowest BCUT2D eigenvalue weighted by Crippen LogP contribution is -2.30. The van der Waals surface area contributed by atoms with E-state index < -0.39 is 6.10 Å². The molecule has 0 N–H and O–H groups in total. The van der Waals surface area contributed by atoms with Gasteiger partial charge in [0, 0.05) is 19.3 Å². The van der Waals surface area contributed by atoms with E-state index in [-0.39, 0.29) is 31.1 Å². The van der Waals surface area contributed by atoms with Crippen molar-refractivity contribution in [3.05, 3.63) is 12.2 Å². The van der Waals surface area contributed by atoms with E-state index >= 15 is 0 Å². The van der Waals surface area contributed by atoms with E-state index in [1.54, 1.807) is 0 Å². The molecule has 0 aromatic heterocycles. The Labute approximate surface area is 481 Å². The smallest absolute Gasteiger partial charge is 0.306 e. The van der Waals surface area contributed by atoms with E-state index in [0.29, 0.717) is 19.3 Å². The van der Waals surface area contributed by atoms with Gasteiger partial charge in [0.1, 0.15) is 13.2 Å². The maximum atomic E-state index is 13.0. The van der Waals surface area contributed by atoms with E-state index in [4.69, 9.17) is 14.2 Å². The Hall–Kier alpha value is -1.85. The van der Waals surface area contributed by atoms with E-state index in [9.17, 15) is 14.4 Å². The third-order valence-electron chi connectivity index (χ3n) is 16.3. The van der Waals surface area contributed by atoms with Gasteiger partial charge in [0.05, 0.1) is 0 Å². The number of rotatable bonds is 66. The molecular weight excluding hydrogens is 949 g/mol. The minimum Gasteiger partial charge on any atom is -0.462 e. The Morgan fingerprint density at radius 2 is 0.429 bits per heavy atom. The summed E-state index contributed by atoms with van der Waals surface area (Å²) in [4.78, 5) is 38.5. The molecule has 0 aliphatic carbocycles. The predicted molar refractivity (Wildman–Crippen MR) is 335 cm³/mol. The van der Waals surface area contributed by atoms with Gasteiger partial charge in [-0.05, 0) is 44.9 Å². The number of hydrogen-bond donors (Lipinski definition) is 0. The van der Waals surface area contributed by atoms with Gasteiger partial charge in [-0.3, -0.25) is 14.4 Å². The van der Waals surface area contributed by atoms with Crippen molar-refractivity contribution in [2.45, 2.75) is 412 Å². The van der Waals surface area contributed by atoms with Crippen LogP contribution in [-0.4, -0.2) is 37.2 Å². The zero-order chi connectivity index (χ0) is 55.7. The topological polar surface area (TPSA) is 78.9 Å². The van der Waals surface area contributed by atoms with Crippen LogP contribution in [0, 0.1) is 0 Å². The van der Waals surface area contributed by atoms with Gasteiger partial charge in [-0.2, -0.15) is 0 Å². The third kappa shape index (κ3) is 64.9. The fraction of sp³-hybridized carbons (Fsp3) is 0.930. The van der Waals surface area contributed by atoms with Gasteiger partial charge >= 0.3 is 17.9 Å². The Morgan fingerprint density at radius 1 is 0.247 bits per heavy atom. The first-order chi connectivity index (χ1) is 38.0. The van der Waals surface area contributed by atoms with E-state index in [0.717, 1.165) is 57.8 Å². The third-order valence-corrected chi connectivity index (χ3v) is 16.3. The van der Waals surface area contributed by atoms with Crippen molar-refractivity contribution in [3.8, 4) is 0 Å². The van der Waals surface area contributed by atoms with Crippen LogP contribution in [-0.2, 0) is 28.6 Å². The van der Waals surface area contributed by atoms with Crippen LogP contribution < -0.4 is 0 Å². The number of allylic oxidation sites excluding steroid dienone is 2. The second-order valence-corrected chi connectivity index (χ2v) is 24.2. The summed E-state index contributed by atoms with van der Waals surface area (Å²) in [5, 5.41) is 0. The zero-order valence-corrected chi connectivity index (χ0v) is 52.5. The lowest BCUT2D eigenvalue weighted by Gasteiger charge is -2.18. The van der Waals surface area contributed by atoms with Crippen LogP contribution in [0.15, 0.2) is 12.2 Å².